The van der Waals surface area contributed by atoms with Crippen LogP contribution in [0.1, 0.15) is 113 Å². The predicted molar refractivity (Wildman–Crippen MR) is 136 cm³/mol. The van der Waals surface area contributed by atoms with Gasteiger partial charge < -0.3 is 9.04 Å². The first-order chi connectivity index (χ1) is 14.5. The summed E-state index contributed by atoms with van der Waals surface area (Å²) in [6, 6.07) is 0.758. The molecule has 0 aromatic carbocycles. The fourth-order valence-electron chi connectivity index (χ4n) is 4.18. The van der Waals surface area contributed by atoms with E-state index in [1.54, 1.807) is 0 Å². The second kappa shape index (κ2) is 19.3. The van der Waals surface area contributed by atoms with Gasteiger partial charge >= 0.3 is 0 Å². The Kier molecular flexibility index (Phi) is 20.6. The van der Waals surface area contributed by atoms with Crippen LogP contribution >= 0.6 is 0 Å². The van der Waals surface area contributed by atoms with E-state index in [0.717, 1.165) is 0 Å². The van der Waals surface area contributed by atoms with Crippen LogP contribution in [0.4, 0.5) is 0 Å². The van der Waals surface area contributed by atoms with Crippen LogP contribution in [0.25, 0.3) is 0 Å². The van der Waals surface area contributed by atoms with Gasteiger partial charge in [-0.15, -0.1) is 0 Å². The van der Waals surface area contributed by atoms with Gasteiger partial charge in [0.2, 0.25) is 0 Å². The Bertz CT molecular complexity index is 447. The van der Waals surface area contributed by atoms with Crippen molar-refractivity contribution in [3.63, 3.8) is 0 Å². The SMILES string of the molecule is CC(C)N(CCCS(=O)(=O)[O-])C(C)C.CCCC[N+](CCCC)(CCCC)CCCC. The lowest BCUT2D eigenvalue weighted by atomic mass is 10.1. The van der Waals surface area contributed by atoms with Crippen LogP contribution in [0, 0.1) is 0 Å². The Morgan fingerprint density at radius 1 is 0.677 bits per heavy atom. The molecule has 31 heavy (non-hydrogen) atoms. The number of hydrogen-bond acceptors (Lipinski definition) is 4. The summed E-state index contributed by atoms with van der Waals surface area (Å²) >= 11 is 0. The third-order valence-electron chi connectivity index (χ3n) is 6.08. The van der Waals surface area contributed by atoms with Crippen LogP contribution in [0.5, 0.6) is 0 Å². The Labute approximate surface area is 196 Å². The van der Waals surface area contributed by atoms with Crippen molar-refractivity contribution in [3.05, 3.63) is 0 Å². The van der Waals surface area contributed by atoms with Gasteiger partial charge in [0.05, 0.1) is 36.3 Å². The first kappa shape index (κ1) is 33.0. The third kappa shape index (κ3) is 19.0. The fraction of sp³-hybridized carbons (Fsp3) is 1.00. The standard InChI is InChI=1S/C16H36N.C9H21NO3S/c1-5-9-13-17(14-10-6-2,15-11-7-3)16-12-8-4;1-8(2)10(9(3)4)6-5-7-14(11,12)13/h5-16H2,1-4H3;8-9H,5-7H2,1-4H3,(H,11,12,13)/q+1;/p-1. The van der Waals surface area contributed by atoms with Crippen molar-refractivity contribution in [2.75, 3.05) is 38.5 Å². The minimum absolute atomic E-state index is 0.261. The molecule has 0 N–H and O–H groups in total. The van der Waals surface area contributed by atoms with E-state index in [0.29, 0.717) is 25.0 Å². The minimum Gasteiger partial charge on any atom is -0.748 e. The molecular weight excluding hydrogens is 408 g/mol. The summed E-state index contributed by atoms with van der Waals surface area (Å²) in [6.07, 6.45) is 11.5. The molecule has 0 aromatic heterocycles. The van der Waals surface area contributed by atoms with Gasteiger partial charge in [-0.3, -0.25) is 4.90 Å². The Morgan fingerprint density at radius 3 is 1.23 bits per heavy atom. The zero-order valence-electron chi connectivity index (χ0n) is 22.3. The van der Waals surface area contributed by atoms with Crippen molar-refractivity contribution in [1.29, 1.82) is 0 Å². The molecule has 0 radical (unpaired) electrons. The molecule has 0 aliphatic heterocycles. The molecule has 0 aromatic rings. The molecule has 0 aliphatic rings. The van der Waals surface area contributed by atoms with Gasteiger partial charge in [-0.05, 0) is 66.3 Å². The lowest BCUT2D eigenvalue weighted by Crippen LogP contribution is -2.50. The van der Waals surface area contributed by atoms with E-state index in [1.807, 2.05) is 0 Å². The molecule has 0 atom stereocenters. The van der Waals surface area contributed by atoms with Crippen LogP contribution in [0.2, 0.25) is 0 Å². The van der Waals surface area contributed by atoms with Gasteiger partial charge in [0, 0.05) is 17.8 Å². The van der Waals surface area contributed by atoms with E-state index >= 15 is 0 Å². The summed E-state index contributed by atoms with van der Waals surface area (Å²) in [5, 5.41) is 0. The quantitative estimate of drug-likeness (QED) is 0.183. The van der Waals surface area contributed by atoms with Gasteiger partial charge in [-0.25, -0.2) is 8.42 Å². The lowest BCUT2D eigenvalue weighted by Gasteiger charge is -2.39. The van der Waals surface area contributed by atoms with Crippen molar-refractivity contribution in [2.45, 2.75) is 125 Å². The summed E-state index contributed by atoms with van der Waals surface area (Å²) in [4.78, 5) is 2.17. The van der Waals surface area contributed by atoms with Crippen LogP contribution in [0.15, 0.2) is 0 Å². The molecule has 190 valence electrons. The van der Waals surface area contributed by atoms with Crippen LogP contribution in [-0.4, -0.2) is 72.9 Å². The van der Waals surface area contributed by atoms with Crippen LogP contribution < -0.4 is 0 Å². The fourth-order valence-corrected chi connectivity index (χ4v) is 4.66. The zero-order valence-corrected chi connectivity index (χ0v) is 23.1. The summed E-state index contributed by atoms with van der Waals surface area (Å²) in [5.41, 5.74) is 0. The predicted octanol–water partition coefficient (Wildman–Crippen LogP) is 6.04. The van der Waals surface area contributed by atoms with Crippen LogP contribution in [0.3, 0.4) is 0 Å². The number of nitrogens with zero attached hydrogens (tertiary/aromatic N) is 2. The second-order valence-electron chi connectivity index (χ2n) is 9.69. The average molecular weight is 465 g/mol. The monoisotopic (exact) mass is 464 g/mol. The van der Waals surface area contributed by atoms with Crippen molar-refractivity contribution >= 4 is 10.1 Å². The first-order valence-electron chi connectivity index (χ1n) is 13.0. The highest BCUT2D eigenvalue weighted by atomic mass is 32.2. The first-order valence-corrected chi connectivity index (χ1v) is 14.6. The second-order valence-corrected chi connectivity index (χ2v) is 11.2. The van der Waals surface area contributed by atoms with Gasteiger partial charge in [-0.1, -0.05) is 53.4 Å². The summed E-state index contributed by atoms with van der Waals surface area (Å²) in [7, 11) is -4.05. The molecule has 0 bridgehead atoms. The highest BCUT2D eigenvalue weighted by Gasteiger charge is 2.24. The molecule has 0 rings (SSSR count). The highest BCUT2D eigenvalue weighted by Crippen LogP contribution is 2.16. The molecule has 0 saturated carbocycles. The molecule has 0 unspecified atom stereocenters. The summed E-state index contributed by atoms with van der Waals surface area (Å²) < 4.78 is 32.6. The van der Waals surface area contributed by atoms with Crippen molar-refractivity contribution in [2.24, 2.45) is 0 Å². The molecule has 0 heterocycles. The number of quaternary nitrogens is 1. The van der Waals surface area contributed by atoms with Crippen molar-refractivity contribution in [3.8, 4) is 0 Å². The van der Waals surface area contributed by atoms with E-state index in [4.69, 9.17) is 0 Å². The normalized spacial score (nSPS) is 12.5. The summed E-state index contributed by atoms with van der Waals surface area (Å²) in [5.74, 6) is -0.261. The molecule has 0 amide bonds. The minimum atomic E-state index is -4.05. The maximum absolute atomic E-state index is 10.4. The molecule has 0 saturated heterocycles. The molecule has 6 heteroatoms. The molecule has 0 spiro atoms. The van der Waals surface area contributed by atoms with Gasteiger partial charge in [-0.2, -0.15) is 0 Å². The number of rotatable bonds is 18. The van der Waals surface area contributed by atoms with E-state index in [-0.39, 0.29) is 5.75 Å². The Balaban J connectivity index is 0. The van der Waals surface area contributed by atoms with E-state index in [2.05, 4.69) is 60.3 Å². The Hall–Kier alpha value is -0.170. The topological polar surface area (TPSA) is 60.4 Å². The lowest BCUT2D eigenvalue weighted by molar-refractivity contribution is -0.929. The zero-order chi connectivity index (χ0) is 24.3. The van der Waals surface area contributed by atoms with E-state index in [1.165, 1.54) is 82.0 Å². The molecular formula is C25H56N2O3S. The maximum Gasteiger partial charge on any atom is 0.0946 e. The van der Waals surface area contributed by atoms with Gasteiger partial charge in [0.1, 0.15) is 0 Å². The van der Waals surface area contributed by atoms with Gasteiger partial charge in [0.25, 0.3) is 0 Å². The largest absolute Gasteiger partial charge is 0.748 e. The maximum atomic E-state index is 10.4. The number of hydrogen-bond donors (Lipinski definition) is 0. The Morgan fingerprint density at radius 2 is 1.00 bits per heavy atom. The third-order valence-corrected chi connectivity index (χ3v) is 6.87. The van der Waals surface area contributed by atoms with E-state index < -0.39 is 10.1 Å². The summed E-state index contributed by atoms with van der Waals surface area (Å²) in [6.45, 7) is 23.9. The van der Waals surface area contributed by atoms with Crippen molar-refractivity contribution in [1.82, 2.24) is 4.90 Å². The molecule has 0 fully saturated rings. The average Bonchev–Trinajstić information content (AvgIpc) is 2.69. The smallest absolute Gasteiger partial charge is 0.0946 e. The molecule has 5 nitrogen and oxygen atoms in total. The van der Waals surface area contributed by atoms with Crippen LogP contribution in [-0.2, 0) is 10.1 Å². The number of unbranched alkanes of at least 4 members (excludes halogenated alkanes) is 4. The van der Waals surface area contributed by atoms with Crippen molar-refractivity contribution < 1.29 is 17.5 Å². The van der Waals surface area contributed by atoms with Gasteiger partial charge in [0.15, 0.2) is 0 Å². The highest BCUT2D eigenvalue weighted by molar-refractivity contribution is 7.85. The van der Waals surface area contributed by atoms with E-state index in [9.17, 15) is 13.0 Å². The molecule has 0 aliphatic carbocycles.